The molecule has 0 bridgehead atoms. The second-order valence-electron chi connectivity index (χ2n) is 6.68. The third-order valence-electron chi connectivity index (χ3n) is 4.92. The Morgan fingerprint density at radius 2 is 2.04 bits per heavy atom. The van der Waals surface area contributed by atoms with Crippen LogP contribution in [0.5, 0.6) is 5.88 Å². The van der Waals surface area contributed by atoms with E-state index in [-0.39, 0.29) is 12.1 Å². The van der Waals surface area contributed by atoms with E-state index < -0.39 is 0 Å². The number of aliphatic hydroxyl groups excluding tert-OH is 1. The summed E-state index contributed by atoms with van der Waals surface area (Å²) in [7, 11) is 1.61. The van der Waals surface area contributed by atoms with E-state index in [0.717, 1.165) is 47.7 Å². The van der Waals surface area contributed by atoms with Gasteiger partial charge in [0.05, 0.1) is 19.3 Å². The molecule has 0 aliphatic heterocycles. The fourth-order valence-electron chi connectivity index (χ4n) is 3.50. The number of ether oxygens (including phenoxy) is 1. The zero-order chi connectivity index (χ0) is 18.0. The third kappa shape index (κ3) is 3.74. The van der Waals surface area contributed by atoms with Crippen molar-refractivity contribution >= 4 is 5.82 Å². The van der Waals surface area contributed by atoms with Crippen LogP contribution in [0.25, 0.3) is 0 Å². The molecule has 6 nitrogen and oxygen atoms in total. The second kappa shape index (κ2) is 7.35. The molecule has 2 aromatic rings. The summed E-state index contributed by atoms with van der Waals surface area (Å²) < 4.78 is 5.16. The van der Waals surface area contributed by atoms with Crippen molar-refractivity contribution in [3.63, 3.8) is 0 Å². The maximum atomic E-state index is 9.76. The van der Waals surface area contributed by atoms with Crippen LogP contribution in [-0.4, -0.2) is 33.3 Å². The van der Waals surface area contributed by atoms with E-state index in [4.69, 9.17) is 4.74 Å². The SMILES string of the molecule is CCc1c(C)nc(C)nc1N[C@@H](c1ccc(OC)nc1)C1CC(O)C1. The van der Waals surface area contributed by atoms with E-state index in [0.29, 0.717) is 11.8 Å². The molecule has 2 heterocycles. The summed E-state index contributed by atoms with van der Waals surface area (Å²) in [5.74, 6) is 2.59. The van der Waals surface area contributed by atoms with Crippen molar-refractivity contribution < 1.29 is 9.84 Å². The van der Waals surface area contributed by atoms with Gasteiger partial charge in [-0.2, -0.15) is 0 Å². The molecule has 1 atom stereocenters. The average molecular weight is 342 g/mol. The van der Waals surface area contributed by atoms with E-state index in [1.54, 1.807) is 7.11 Å². The first-order chi connectivity index (χ1) is 12.0. The largest absolute Gasteiger partial charge is 0.481 e. The van der Waals surface area contributed by atoms with Gasteiger partial charge in [-0.1, -0.05) is 13.0 Å². The predicted octanol–water partition coefficient (Wildman–Crippen LogP) is 2.98. The molecular formula is C19H26N4O2. The molecule has 0 radical (unpaired) electrons. The van der Waals surface area contributed by atoms with Gasteiger partial charge in [0.15, 0.2) is 0 Å². The number of nitrogens with one attached hydrogen (secondary N) is 1. The van der Waals surface area contributed by atoms with Crippen molar-refractivity contribution in [2.75, 3.05) is 12.4 Å². The van der Waals surface area contributed by atoms with Gasteiger partial charge in [0.1, 0.15) is 11.6 Å². The summed E-state index contributed by atoms with van der Waals surface area (Å²) in [5.41, 5.74) is 3.23. The van der Waals surface area contributed by atoms with Crippen molar-refractivity contribution in [3.05, 3.63) is 41.0 Å². The minimum absolute atomic E-state index is 0.0563. The van der Waals surface area contributed by atoms with Crippen molar-refractivity contribution in [1.29, 1.82) is 0 Å². The fourth-order valence-corrected chi connectivity index (χ4v) is 3.50. The lowest BCUT2D eigenvalue weighted by atomic mass is 9.75. The molecule has 0 unspecified atom stereocenters. The lowest BCUT2D eigenvalue weighted by molar-refractivity contribution is 0.0338. The Morgan fingerprint density at radius 1 is 1.28 bits per heavy atom. The number of aliphatic hydroxyl groups is 1. The van der Waals surface area contributed by atoms with Crippen molar-refractivity contribution in [3.8, 4) is 5.88 Å². The van der Waals surface area contributed by atoms with Crippen LogP contribution in [-0.2, 0) is 6.42 Å². The van der Waals surface area contributed by atoms with Gasteiger partial charge in [0.2, 0.25) is 5.88 Å². The van der Waals surface area contributed by atoms with E-state index in [1.807, 2.05) is 32.2 Å². The normalized spacial score (nSPS) is 20.7. The minimum atomic E-state index is -0.208. The average Bonchev–Trinajstić information content (AvgIpc) is 2.57. The smallest absolute Gasteiger partial charge is 0.212 e. The first-order valence-corrected chi connectivity index (χ1v) is 8.80. The summed E-state index contributed by atoms with van der Waals surface area (Å²) in [6.07, 6.45) is 4.07. The maximum absolute atomic E-state index is 9.76. The number of aryl methyl sites for hydroxylation is 2. The van der Waals surface area contributed by atoms with E-state index in [9.17, 15) is 5.11 Å². The van der Waals surface area contributed by atoms with E-state index in [1.165, 1.54) is 0 Å². The Labute approximate surface area is 148 Å². The predicted molar refractivity (Wildman–Crippen MR) is 96.8 cm³/mol. The molecule has 25 heavy (non-hydrogen) atoms. The molecule has 0 spiro atoms. The van der Waals surface area contributed by atoms with Crippen LogP contribution in [0.3, 0.4) is 0 Å². The van der Waals surface area contributed by atoms with E-state index >= 15 is 0 Å². The lowest BCUT2D eigenvalue weighted by Gasteiger charge is -2.38. The highest BCUT2D eigenvalue weighted by molar-refractivity contribution is 5.48. The molecule has 2 N–H and O–H groups in total. The van der Waals surface area contributed by atoms with Crippen LogP contribution in [0, 0.1) is 19.8 Å². The van der Waals surface area contributed by atoms with Gasteiger partial charge in [0, 0.05) is 23.5 Å². The monoisotopic (exact) mass is 342 g/mol. The Hall–Kier alpha value is -2.21. The molecular weight excluding hydrogens is 316 g/mol. The molecule has 0 saturated heterocycles. The lowest BCUT2D eigenvalue weighted by Crippen LogP contribution is -2.36. The van der Waals surface area contributed by atoms with Gasteiger partial charge in [0.25, 0.3) is 0 Å². The van der Waals surface area contributed by atoms with Gasteiger partial charge in [-0.05, 0) is 44.6 Å². The van der Waals surface area contributed by atoms with E-state index in [2.05, 4.69) is 27.2 Å². The Kier molecular flexibility index (Phi) is 5.18. The molecule has 1 aliphatic carbocycles. The van der Waals surface area contributed by atoms with Crippen LogP contribution in [0.1, 0.15) is 48.5 Å². The maximum Gasteiger partial charge on any atom is 0.212 e. The van der Waals surface area contributed by atoms with Gasteiger partial charge in [-0.3, -0.25) is 0 Å². The summed E-state index contributed by atoms with van der Waals surface area (Å²) in [6.45, 7) is 6.05. The molecule has 2 aromatic heterocycles. The van der Waals surface area contributed by atoms with Gasteiger partial charge in [-0.15, -0.1) is 0 Å². The quantitative estimate of drug-likeness (QED) is 0.840. The molecule has 1 aliphatic rings. The van der Waals surface area contributed by atoms with Crippen LogP contribution in [0.4, 0.5) is 5.82 Å². The highest BCUT2D eigenvalue weighted by Gasteiger charge is 2.35. The molecule has 134 valence electrons. The summed E-state index contributed by atoms with van der Waals surface area (Å²) in [4.78, 5) is 13.5. The van der Waals surface area contributed by atoms with Crippen molar-refractivity contribution in [1.82, 2.24) is 15.0 Å². The van der Waals surface area contributed by atoms with Crippen LogP contribution < -0.4 is 10.1 Å². The minimum Gasteiger partial charge on any atom is -0.481 e. The van der Waals surface area contributed by atoms with Gasteiger partial charge < -0.3 is 15.2 Å². The van der Waals surface area contributed by atoms with Crippen LogP contribution in [0.2, 0.25) is 0 Å². The first kappa shape index (κ1) is 17.6. The molecule has 3 rings (SSSR count). The standard InChI is InChI=1S/C19H26N4O2/c1-5-16-11(2)21-12(3)22-19(16)23-18(14-8-15(24)9-14)13-6-7-17(25-4)20-10-13/h6-7,10,14-15,18,24H,5,8-9H2,1-4H3,(H,21,22,23)/t14?,15?,18-/m0/s1. The Morgan fingerprint density at radius 3 is 2.60 bits per heavy atom. The van der Waals surface area contributed by atoms with Crippen molar-refractivity contribution in [2.45, 2.75) is 52.2 Å². The Bertz CT molecular complexity index is 727. The molecule has 6 heteroatoms. The summed E-state index contributed by atoms with van der Waals surface area (Å²) in [5, 5.41) is 13.4. The number of methoxy groups -OCH3 is 1. The number of aromatic nitrogens is 3. The molecule has 1 saturated carbocycles. The molecule has 0 amide bonds. The van der Waals surface area contributed by atoms with Crippen LogP contribution in [0.15, 0.2) is 18.3 Å². The highest BCUT2D eigenvalue weighted by Crippen LogP contribution is 2.40. The van der Waals surface area contributed by atoms with Gasteiger partial charge >= 0.3 is 0 Å². The third-order valence-corrected chi connectivity index (χ3v) is 4.92. The topological polar surface area (TPSA) is 80.2 Å². The second-order valence-corrected chi connectivity index (χ2v) is 6.68. The first-order valence-electron chi connectivity index (χ1n) is 8.80. The zero-order valence-electron chi connectivity index (χ0n) is 15.3. The number of hydrogen-bond acceptors (Lipinski definition) is 6. The number of anilines is 1. The highest BCUT2D eigenvalue weighted by atomic mass is 16.5. The number of hydrogen-bond donors (Lipinski definition) is 2. The Balaban J connectivity index is 1.93. The fraction of sp³-hybridized carbons (Fsp3) is 0.526. The zero-order valence-corrected chi connectivity index (χ0v) is 15.3. The number of rotatable bonds is 6. The molecule has 0 aromatic carbocycles. The summed E-state index contributed by atoms with van der Waals surface area (Å²) >= 11 is 0. The number of pyridine rings is 1. The van der Waals surface area contributed by atoms with Crippen LogP contribution >= 0.6 is 0 Å². The van der Waals surface area contributed by atoms with Crippen molar-refractivity contribution in [2.24, 2.45) is 5.92 Å². The molecule has 1 fully saturated rings. The van der Waals surface area contributed by atoms with Gasteiger partial charge in [-0.25, -0.2) is 15.0 Å². The summed E-state index contributed by atoms with van der Waals surface area (Å²) in [6, 6.07) is 3.96. The number of nitrogens with zero attached hydrogens (tertiary/aromatic N) is 3.